The first kappa shape index (κ1) is 20.2. The summed E-state index contributed by atoms with van der Waals surface area (Å²) in [5, 5.41) is 15.1. The third-order valence-corrected chi connectivity index (χ3v) is 5.47. The van der Waals surface area contributed by atoms with Crippen LogP contribution in [0.3, 0.4) is 0 Å². The number of nitro groups is 1. The molecule has 0 bridgehead atoms. The molecule has 0 aliphatic rings. The summed E-state index contributed by atoms with van der Waals surface area (Å²) >= 11 is 1.35. The van der Waals surface area contributed by atoms with Gasteiger partial charge in [0.25, 0.3) is 5.91 Å². The highest BCUT2D eigenvalue weighted by Gasteiger charge is 2.24. The lowest BCUT2D eigenvalue weighted by molar-refractivity contribution is -0.383. The summed E-state index contributed by atoms with van der Waals surface area (Å²) in [6.07, 6.45) is 1.16. The summed E-state index contributed by atoms with van der Waals surface area (Å²) in [6.45, 7) is 3.74. The van der Waals surface area contributed by atoms with E-state index in [0.29, 0.717) is 10.7 Å². The highest BCUT2D eigenvalue weighted by atomic mass is 32.1. The Hall–Kier alpha value is -4.12. The average molecular weight is 435 g/mol. The van der Waals surface area contributed by atoms with Crippen LogP contribution in [0.5, 0.6) is 0 Å². The number of nitrogens with zero attached hydrogens (tertiary/aromatic N) is 4. The Morgan fingerprint density at radius 2 is 1.77 bits per heavy atom. The van der Waals surface area contributed by atoms with E-state index in [9.17, 15) is 14.9 Å². The fourth-order valence-electron chi connectivity index (χ4n) is 2.99. The topological polar surface area (TPSA) is 135 Å². The molecule has 11 heteroatoms. The Bertz CT molecular complexity index is 1310. The molecule has 3 N–H and O–H groups in total. The third kappa shape index (κ3) is 4.12. The van der Waals surface area contributed by atoms with Crippen molar-refractivity contribution in [1.82, 2.24) is 20.4 Å². The summed E-state index contributed by atoms with van der Waals surface area (Å²) in [6, 6.07) is 12.8. The second kappa shape index (κ2) is 8.32. The van der Waals surface area contributed by atoms with Crippen molar-refractivity contribution in [2.24, 2.45) is 0 Å². The fourth-order valence-corrected chi connectivity index (χ4v) is 3.93. The number of nitrogens with one attached hydrogen (secondary N) is 3. The molecule has 0 atom stereocenters. The molecule has 0 unspecified atom stereocenters. The second-order valence-electron chi connectivity index (χ2n) is 6.64. The number of rotatable bonds is 6. The first-order valence-corrected chi connectivity index (χ1v) is 10.00. The van der Waals surface area contributed by atoms with Gasteiger partial charge in [-0.25, -0.2) is 15.0 Å². The second-order valence-corrected chi connectivity index (χ2v) is 7.67. The molecule has 156 valence electrons. The van der Waals surface area contributed by atoms with Gasteiger partial charge in [-0.1, -0.05) is 41.7 Å². The Labute approximate surface area is 180 Å². The molecular formula is C20H17N7O3S. The SMILES string of the molecule is Cc1ccccc1C(=O)NNc1ncnc(Nc2nc3c(C)cccc3s2)c1[N+](=O)[O-]. The normalized spacial score (nSPS) is 10.6. The van der Waals surface area contributed by atoms with Gasteiger partial charge in [-0.2, -0.15) is 0 Å². The van der Waals surface area contributed by atoms with E-state index in [0.717, 1.165) is 27.7 Å². The molecule has 0 radical (unpaired) electrons. The van der Waals surface area contributed by atoms with E-state index in [-0.39, 0.29) is 11.6 Å². The number of anilines is 3. The maximum absolute atomic E-state index is 12.4. The number of thiazole rings is 1. The molecule has 2 heterocycles. The van der Waals surface area contributed by atoms with E-state index in [1.807, 2.05) is 31.2 Å². The maximum atomic E-state index is 12.4. The fraction of sp³-hybridized carbons (Fsp3) is 0.100. The van der Waals surface area contributed by atoms with Crippen molar-refractivity contribution < 1.29 is 9.72 Å². The van der Waals surface area contributed by atoms with Gasteiger partial charge in [-0.15, -0.1) is 0 Å². The summed E-state index contributed by atoms with van der Waals surface area (Å²) in [5.74, 6) is -0.631. The largest absolute Gasteiger partial charge is 0.355 e. The lowest BCUT2D eigenvalue weighted by atomic mass is 10.1. The van der Waals surface area contributed by atoms with E-state index in [1.54, 1.807) is 25.1 Å². The standard InChI is InChI=1S/C20H17N7O3S/c1-11-6-3-4-8-13(11)19(28)26-25-18-16(27(29)30)17(21-10-22-18)24-20-23-15-12(2)7-5-9-14(15)31-20/h3-10H,1-2H3,(H,26,28)(H2,21,22,23,24,25). The van der Waals surface area contributed by atoms with E-state index in [1.165, 1.54) is 11.3 Å². The van der Waals surface area contributed by atoms with Crippen molar-refractivity contribution in [3.05, 3.63) is 75.6 Å². The molecule has 0 aliphatic heterocycles. The van der Waals surface area contributed by atoms with Crippen LogP contribution < -0.4 is 16.2 Å². The van der Waals surface area contributed by atoms with E-state index in [2.05, 4.69) is 31.1 Å². The van der Waals surface area contributed by atoms with Gasteiger partial charge in [-0.05, 0) is 37.1 Å². The van der Waals surface area contributed by atoms with E-state index in [4.69, 9.17) is 0 Å². The number of fused-ring (bicyclic) bond motifs is 1. The number of carbonyl (C=O) groups excluding carboxylic acids is 1. The number of hydrazine groups is 1. The lowest BCUT2D eigenvalue weighted by Gasteiger charge is -2.11. The van der Waals surface area contributed by atoms with Crippen molar-refractivity contribution in [2.45, 2.75) is 13.8 Å². The lowest BCUT2D eigenvalue weighted by Crippen LogP contribution is -2.30. The molecule has 0 spiro atoms. The molecule has 0 saturated carbocycles. The van der Waals surface area contributed by atoms with Crippen LogP contribution in [0.4, 0.5) is 22.5 Å². The zero-order chi connectivity index (χ0) is 22.0. The van der Waals surface area contributed by atoms with Gasteiger partial charge in [0, 0.05) is 5.56 Å². The molecule has 4 aromatic rings. The maximum Gasteiger partial charge on any atom is 0.355 e. The van der Waals surface area contributed by atoms with Crippen molar-refractivity contribution in [3.63, 3.8) is 0 Å². The molecule has 2 aromatic heterocycles. The summed E-state index contributed by atoms with van der Waals surface area (Å²) in [5.41, 5.74) is 7.59. The zero-order valence-electron chi connectivity index (χ0n) is 16.5. The highest BCUT2D eigenvalue weighted by Crippen LogP contribution is 2.34. The van der Waals surface area contributed by atoms with Gasteiger partial charge in [0.15, 0.2) is 5.13 Å². The Morgan fingerprint density at radius 1 is 1.03 bits per heavy atom. The molecule has 0 aliphatic carbocycles. The van der Waals surface area contributed by atoms with Crippen LogP contribution in [-0.4, -0.2) is 25.8 Å². The Kier molecular flexibility index (Phi) is 5.41. The van der Waals surface area contributed by atoms with Gasteiger partial charge in [0.2, 0.25) is 11.6 Å². The molecule has 4 rings (SSSR count). The number of carbonyl (C=O) groups is 1. The first-order valence-electron chi connectivity index (χ1n) is 9.18. The Morgan fingerprint density at radius 3 is 2.52 bits per heavy atom. The van der Waals surface area contributed by atoms with Crippen LogP contribution in [0.25, 0.3) is 10.2 Å². The molecule has 10 nitrogen and oxygen atoms in total. The minimum atomic E-state index is -0.622. The van der Waals surface area contributed by atoms with Crippen LogP contribution in [-0.2, 0) is 0 Å². The molecular weight excluding hydrogens is 418 g/mol. The van der Waals surface area contributed by atoms with Gasteiger partial charge in [0.1, 0.15) is 6.33 Å². The minimum absolute atomic E-state index is 0.0376. The molecule has 31 heavy (non-hydrogen) atoms. The minimum Gasteiger partial charge on any atom is -0.310 e. The summed E-state index contributed by atoms with van der Waals surface area (Å²) < 4.78 is 0.947. The smallest absolute Gasteiger partial charge is 0.310 e. The summed E-state index contributed by atoms with van der Waals surface area (Å²) in [4.78, 5) is 35.9. The number of hydrogen-bond acceptors (Lipinski definition) is 9. The zero-order valence-corrected chi connectivity index (χ0v) is 17.4. The van der Waals surface area contributed by atoms with Gasteiger partial charge >= 0.3 is 5.69 Å². The van der Waals surface area contributed by atoms with Gasteiger partial charge < -0.3 is 5.32 Å². The van der Waals surface area contributed by atoms with Crippen molar-refractivity contribution in [2.75, 3.05) is 10.7 Å². The van der Waals surface area contributed by atoms with Crippen molar-refractivity contribution >= 4 is 49.9 Å². The number of aromatic nitrogens is 3. The first-order chi connectivity index (χ1) is 14.9. The molecule has 0 saturated heterocycles. The van der Waals surface area contributed by atoms with E-state index >= 15 is 0 Å². The van der Waals surface area contributed by atoms with Crippen LogP contribution in [0.1, 0.15) is 21.5 Å². The third-order valence-electron chi connectivity index (χ3n) is 4.54. The van der Waals surface area contributed by atoms with Crippen LogP contribution in [0.2, 0.25) is 0 Å². The van der Waals surface area contributed by atoms with Crippen LogP contribution in [0.15, 0.2) is 48.8 Å². The molecule has 2 aromatic carbocycles. The average Bonchev–Trinajstić information content (AvgIpc) is 3.16. The van der Waals surface area contributed by atoms with Crippen molar-refractivity contribution in [3.8, 4) is 0 Å². The summed E-state index contributed by atoms with van der Waals surface area (Å²) in [7, 11) is 0. The van der Waals surface area contributed by atoms with Crippen LogP contribution >= 0.6 is 11.3 Å². The molecule has 0 fully saturated rings. The quantitative estimate of drug-likeness (QED) is 0.304. The predicted molar refractivity (Wildman–Crippen MR) is 119 cm³/mol. The van der Waals surface area contributed by atoms with E-state index < -0.39 is 16.5 Å². The predicted octanol–water partition coefficient (Wildman–Crippen LogP) is 4.11. The molecule has 1 amide bonds. The highest BCUT2D eigenvalue weighted by molar-refractivity contribution is 7.22. The van der Waals surface area contributed by atoms with Gasteiger partial charge in [0.05, 0.1) is 15.1 Å². The van der Waals surface area contributed by atoms with Crippen LogP contribution in [0, 0.1) is 24.0 Å². The number of para-hydroxylation sites is 1. The van der Waals surface area contributed by atoms with Gasteiger partial charge in [-0.3, -0.25) is 25.8 Å². The Balaban J connectivity index is 1.60. The monoisotopic (exact) mass is 435 g/mol. The number of hydrogen-bond donors (Lipinski definition) is 3. The van der Waals surface area contributed by atoms with Crippen molar-refractivity contribution in [1.29, 1.82) is 0 Å². The number of amides is 1. The number of aryl methyl sites for hydroxylation is 2. The number of benzene rings is 2.